The van der Waals surface area contributed by atoms with Crippen molar-refractivity contribution < 1.29 is 22.7 Å². The number of sulfone groups is 1. The molecule has 1 aromatic heterocycles. The van der Waals surface area contributed by atoms with Gasteiger partial charge in [-0.2, -0.15) is 0 Å². The first kappa shape index (κ1) is 25.8. The van der Waals surface area contributed by atoms with Gasteiger partial charge in [-0.05, 0) is 48.2 Å². The maximum absolute atomic E-state index is 12.9. The Bertz CT molecular complexity index is 1140. The van der Waals surface area contributed by atoms with Crippen LogP contribution in [0.5, 0.6) is 0 Å². The van der Waals surface area contributed by atoms with E-state index in [1.165, 1.54) is 23.4 Å². The SMILES string of the molecule is CCS(=O)(=O)c1ccc(CNC(=O)c2ccc3c(c2)CN(C[C@H]2CO[C@@H](C)OC2)[C@H]3C(C)C)nc1. The van der Waals surface area contributed by atoms with Crippen LogP contribution < -0.4 is 5.32 Å². The minimum absolute atomic E-state index is 0.0274. The van der Waals surface area contributed by atoms with E-state index < -0.39 is 9.84 Å². The molecule has 2 aliphatic heterocycles. The molecule has 1 saturated heterocycles. The summed E-state index contributed by atoms with van der Waals surface area (Å²) in [6, 6.07) is 9.41. The molecule has 190 valence electrons. The van der Waals surface area contributed by atoms with Crippen molar-refractivity contribution in [2.24, 2.45) is 11.8 Å². The van der Waals surface area contributed by atoms with Gasteiger partial charge in [-0.15, -0.1) is 0 Å². The second-order valence-corrected chi connectivity index (χ2v) is 12.0. The molecule has 9 heteroatoms. The minimum Gasteiger partial charge on any atom is -0.353 e. The third-order valence-electron chi connectivity index (χ3n) is 6.71. The third-order valence-corrected chi connectivity index (χ3v) is 8.43. The third kappa shape index (κ3) is 5.91. The van der Waals surface area contributed by atoms with Crippen LogP contribution in [0.3, 0.4) is 0 Å². The van der Waals surface area contributed by atoms with Crippen molar-refractivity contribution in [2.45, 2.75) is 58.0 Å². The van der Waals surface area contributed by atoms with Crippen LogP contribution in [0.25, 0.3) is 0 Å². The summed E-state index contributed by atoms with van der Waals surface area (Å²) in [6.07, 6.45) is 1.21. The fourth-order valence-corrected chi connectivity index (χ4v) is 5.68. The Hall–Kier alpha value is -2.33. The highest BCUT2D eigenvalue weighted by Gasteiger charge is 2.35. The number of nitrogens with one attached hydrogen (secondary N) is 1. The number of rotatable bonds is 8. The van der Waals surface area contributed by atoms with Gasteiger partial charge in [-0.25, -0.2) is 8.42 Å². The average molecular weight is 502 g/mol. The predicted molar refractivity (Wildman–Crippen MR) is 132 cm³/mol. The number of pyridine rings is 1. The monoisotopic (exact) mass is 501 g/mol. The van der Waals surface area contributed by atoms with Gasteiger partial charge in [0, 0.05) is 36.8 Å². The van der Waals surface area contributed by atoms with Gasteiger partial charge in [-0.3, -0.25) is 14.7 Å². The van der Waals surface area contributed by atoms with Crippen molar-refractivity contribution >= 4 is 15.7 Å². The van der Waals surface area contributed by atoms with E-state index in [9.17, 15) is 13.2 Å². The Kier molecular flexibility index (Phi) is 7.90. The van der Waals surface area contributed by atoms with Gasteiger partial charge in [0.05, 0.1) is 36.1 Å². The zero-order valence-corrected chi connectivity index (χ0v) is 21.7. The van der Waals surface area contributed by atoms with E-state index in [-0.39, 0.29) is 29.4 Å². The quantitative estimate of drug-likeness (QED) is 0.593. The van der Waals surface area contributed by atoms with Crippen molar-refractivity contribution in [3.63, 3.8) is 0 Å². The maximum atomic E-state index is 12.9. The van der Waals surface area contributed by atoms with E-state index in [4.69, 9.17) is 9.47 Å². The Morgan fingerprint density at radius 2 is 1.94 bits per heavy atom. The van der Waals surface area contributed by atoms with Gasteiger partial charge in [0.15, 0.2) is 16.1 Å². The summed E-state index contributed by atoms with van der Waals surface area (Å²) in [4.78, 5) is 19.7. The predicted octanol–water partition coefficient (Wildman–Crippen LogP) is 3.33. The van der Waals surface area contributed by atoms with Crippen LogP contribution in [-0.4, -0.2) is 56.0 Å². The summed E-state index contributed by atoms with van der Waals surface area (Å²) in [5.74, 6) is 0.614. The second kappa shape index (κ2) is 10.7. The molecular formula is C26H35N3O5S. The molecule has 3 heterocycles. The van der Waals surface area contributed by atoms with Crippen LogP contribution >= 0.6 is 0 Å². The Balaban J connectivity index is 1.40. The zero-order valence-electron chi connectivity index (χ0n) is 20.9. The number of hydrogen-bond donors (Lipinski definition) is 1. The molecule has 1 atom stereocenters. The number of amides is 1. The number of fused-ring (bicyclic) bond motifs is 1. The van der Waals surface area contributed by atoms with Gasteiger partial charge >= 0.3 is 0 Å². The molecule has 0 aliphatic carbocycles. The molecule has 1 fully saturated rings. The van der Waals surface area contributed by atoms with Crippen LogP contribution in [-0.2, 0) is 32.4 Å². The van der Waals surface area contributed by atoms with Crippen LogP contribution in [0.15, 0.2) is 41.4 Å². The van der Waals surface area contributed by atoms with Gasteiger partial charge in [0.1, 0.15) is 0 Å². The molecular weight excluding hydrogens is 466 g/mol. The smallest absolute Gasteiger partial charge is 0.251 e. The van der Waals surface area contributed by atoms with Crippen molar-refractivity contribution in [1.82, 2.24) is 15.2 Å². The molecule has 2 aliphatic rings. The number of carbonyl (C=O) groups is 1. The molecule has 1 amide bonds. The van der Waals surface area contributed by atoms with E-state index in [1.54, 1.807) is 13.0 Å². The number of nitrogens with zero attached hydrogens (tertiary/aromatic N) is 2. The summed E-state index contributed by atoms with van der Waals surface area (Å²) in [7, 11) is -3.29. The minimum atomic E-state index is -3.29. The lowest BCUT2D eigenvalue weighted by Crippen LogP contribution is -2.39. The fraction of sp³-hybridized carbons (Fsp3) is 0.538. The Morgan fingerprint density at radius 1 is 1.20 bits per heavy atom. The molecule has 1 aromatic carbocycles. The fourth-order valence-electron chi connectivity index (χ4n) is 4.86. The highest BCUT2D eigenvalue weighted by molar-refractivity contribution is 7.91. The standard InChI is InChI=1S/C26H35N3O5S/c1-5-35(31,32)23-8-7-22(27-12-23)11-28-26(30)20-6-9-24-21(10-20)14-29(25(24)17(2)3)13-19-15-33-18(4)34-16-19/h6-10,12,17-19,25H,5,11,13-16H2,1-4H3,(H,28,30)/t18-,19+,25-/m0/s1. The maximum Gasteiger partial charge on any atom is 0.251 e. The Morgan fingerprint density at radius 3 is 2.57 bits per heavy atom. The first-order valence-corrected chi connectivity index (χ1v) is 13.9. The lowest BCUT2D eigenvalue weighted by Gasteiger charge is -2.34. The highest BCUT2D eigenvalue weighted by atomic mass is 32.2. The molecule has 0 saturated carbocycles. The summed E-state index contributed by atoms with van der Waals surface area (Å²) >= 11 is 0. The lowest BCUT2D eigenvalue weighted by molar-refractivity contribution is -0.193. The number of aromatic nitrogens is 1. The molecule has 1 N–H and O–H groups in total. The summed E-state index contributed by atoms with van der Waals surface area (Å²) < 4.78 is 35.2. The number of ether oxygens (including phenoxy) is 2. The summed E-state index contributed by atoms with van der Waals surface area (Å²) in [5, 5.41) is 2.90. The largest absolute Gasteiger partial charge is 0.353 e. The Labute approximate surface area is 207 Å². The molecule has 35 heavy (non-hydrogen) atoms. The van der Waals surface area contributed by atoms with Gasteiger partial charge in [-0.1, -0.05) is 26.8 Å². The normalized spacial score (nSPS) is 22.8. The summed E-state index contributed by atoms with van der Waals surface area (Å²) in [5.41, 5.74) is 3.66. The first-order chi connectivity index (χ1) is 16.7. The lowest BCUT2D eigenvalue weighted by atomic mass is 9.94. The van der Waals surface area contributed by atoms with E-state index in [2.05, 4.69) is 35.1 Å². The zero-order chi connectivity index (χ0) is 25.2. The summed E-state index contributed by atoms with van der Waals surface area (Å²) in [6.45, 7) is 11.3. The van der Waals surface area contributed by atoms with Crippen LogP contribution in [0.4, 0.5) is 0 Å². The number of hydrogen-bond acceptors (Lipinski definition) is 7. The van der Waals surface area contributed by atoms with E-state index >= 15 is 0 Å². The van der Waals surface area contributed by atoms with Gasteiger partial charge in [0.2, 0.25) is 0 Å². The molecule has 8 nitrogen and oxygen atoms in total. The van der Waals surface area contributed by atoms with Crippen molar-refractivity contribution in [1.29, 1.82) is 0 Å². The van der Waals surface area contributed by atoms with Crippen LogP contribution in [0.2, 0.25) is 0 Å². The van der Waals surface area contributed by atoms with Gasteiger partial charge in [0.25, 0.3) is 5.91 Å². The molecule has 0 radical (unpaired) electrons. The topological polar surface area (TPSA) is 97.8 Å². The first-order valence-electron chi connectivity index (χ1n) is 12.2. The molecule has 0 spiro atoms. The average Bonchev–Trinajstić information content (AvgIpc) is 3.21. The highest BCUT2D eigenvalue weighted by Crippen LogP contribution is 2.39. The molecule has 0 unspecified atom stereocenters. The number of carbonyl (C=O) groups excluding carboxylic acids is 1. The van der Waals surface area contributed by atoms with Gasteiger partial charge < -0.3 is 14.8 Å². The number of benzene rings is 1. The van der Waals surface area contributed by atoms with E-state index in [0.717, 1.165) is 13.1 Å². The van der Waals surface area contributed by atoms with Crippen LogP contribution in [0, 0.1) is 11.8 Å². The van der Waals surface area contributed by atoms with Crippen molar-refractivity contribution in [3.05, 3.63) is 58.9 Å². The molecule has 2 aromatic rings. The molecule has 4 rings (SSSR count). The van der Waals surface area contributed by atoms with E-state index in [0.29, 0.717) is 42.3 Å². The van der Waals surface area contributed by atoms with Crippen LogP contribution in [0.1, 0.15) is 60.9 Å². The van der Waals surface area contributed by atoms with E-state index in [1.807, 2.05) is 19.1 Å². The van der Waals surface area contributed by atoms with Crippen molar-refractivity contribution in [2.75, 3.05) is 25.5 Å². The molecule has 0 bridgehead atoms. The van der Waals surface area contributed by atoms with Crippen molar-refractivity contribution in [3.8, 4) is 0 Å². The second-order valence-electron chi connectivity index (χ2n) is 9.70.